The van der Waals surface area contributed by atoms with E-state index in [0.29, 0.717) is 95.2 Å². The third-order valence-electron chi connectivity index (χ3n) is 13.2. The largest absolute Gasteiger partial charge is 0.457 e. The number of likely N-dealkylation sites (tertiary alicyclic amines) is 3. The third kappa shape index (κ3) is 11.9. The van der Waals surface area contributed by atoms with Crippen molar-refractivity contribution >= 4 is 52.6 Å². The van der Waals surface area contributed by atoms with Gasteiger partial charge in [-0.15, -0.1) is 0 Å². The van der Waals surface area contributed by atoms with Gasteiger partial charge in [0.15, 0.2) is 11.7 Å². The van der Waals surface area contributed by atoms with Crippen molar-refractivity contribution in [3.63, 3.8) is 0 Å². The Morgan fingerprint density at radius 2 is 1.52 bits per heavy atom. The summed E-state index contributed by atoms with van der Waals surface area (Å²) >= 11 is 0. The minimum absolute atomic E-state index is 0. The fourth-order valence-electron chi connectivity index (χ4n) is 9.21. The number of nitrogens with zero attached hydrogens (tertiary/aromatic N) is 7. The van der Waals surface area contributed by atoms with Crippen molar-refractivity contribution in [3.05, 3.63) is 63.6 Å². The number of aryl methyl sites for hydroxylation is 2. The predicted molar refractivity (Wildman–Crippen MR) is 243 cm³/mol. The first-order valence-corrected chi connectivity index (χ1v) is 22.7. The summed E-state index contributed by atoms with van der Waals surface area (Å²) in [5.74, 6) is -1.41. The summed E-state index contributed by atoms with van der Waals surface area (Å²) in [6.45, 7) is 10.6. The second-order valence-corrected chi connectivity index (χ2v) is 17.7. The maximum absolute atomic E-state index is 13.8. The molecule has 0 bridgehead atoms. The third-order valence-corrected chi connectivity index (χ3v) is 13.2. The Labute approximate surface area is 380 Å². The van der Waals surface area contributed by atoms with E-state index in [1.807, 2.05) is 49.2 Å². The highest BCUT2D eigenvalue weighted by Gasteiger charge is 2.36. The van der Waals surface area contributed by atoms with Gasteiger partial charge in [0.25, 0.3) is 5.91 Å². The van der Waals surface area contributed by atoms with Crippen LogP contribution >= 0.6 is 0 Å². The number of para-hydroxylation sites is 1. The van der Waals surface area contributed by atoms with Gasteiger partial charge in [-0.1, -0.05) is 38.6 Å². The van der Waals surface area contributed by atoms with E-state index in [9.17, 15) is 33.6 Å². The van der Waals surface area contributed by atoms with Crippen LogP contribution in [0, 0.1) is 12.8 Å². The molecule has 2 aromatic carbocycles. The van der Waals surface area contributed by atoms with Crippen molar-refractivity contribution in [3.8, 4) is 0 Å². The Morgan fingerprint density at radius 3 is 2.22 bits per heavy atom. The van der Waals surface area contributed by atoms with Crippen molar-refractivity contribution < 1.29 is 42.7 Å². The molecule has 1 atom stereocenters. The number of anilines is 1. The van der Waals surface area contributed by atoms with Crippen LogP contribution < -0.4 is 11.1 Å². The average Bonchev–Trinajstić information content (AvgIpc) is 3.77. The second kappa shape index (κ2) is 21.8. The first kappa shape index (κ1) is 48.5. The summed E-state index contributed by atoms with van der Waals surface area (Å²) in [6, 6.07) is 11.4. The molecule has 18 heteroatoms. The minimum atomic E-state index is -1.00. The molecular weight excluding hydrogens is 837 g/mol. The zero-order valence-corrected chi connectivity index (χ0v) is 37.6. The van der Waals surface area contributed by atoms with Crippen molar-refractivity contribution in [1.82, 2.24) is 34.0 Å². The quantitative estimate of drug-likeness (QED) is 0.256. The molecule has 3 aromatic rings. The number of nitrogens with one attached hydrogen (secondary N) is 1. The lowest BCUT2D eigenvalue weighted by molar-refractivity contribution is -0.161. The molecule has 4 saturated heterocycles. The number of esters is 1. The number of benzene rings is 2. The van der Waals surface area contributed by atoms with Crippen LogP contribution in [0.15, 0.2) is 45.6 Å². The van der Waals surface area contributed by atoms with E-state index in [4.69, 9.17) is 13.9 Å². The van der Waals surface area contributed by atoms with Gasteiger partial charge in [0.2, 0.25) is 5.91 Å². The van der Waals surface area contributed by atoms with Crippen LogP contribution in [-0.4, -0.2) is 168 Å². The molecule has 1 aromatic heterocycles. The second-order valence-electron chi connectivity index (χ2n) is 17.7. The van der Waals surface area contributed by atoms with Crippen LogP contribution in [0.25, 0.3) is 11.1 Å². The van der Waals surface area contributed by atoms with E-state index in [0.717, 1.165) is 61.2 Å². The number of piperidine rings is 2. The number of likely N-dealkylation sites (N-methyl/N-ethyl adjacent to an activating group) is 1. The van der Waals surface area contributed by atoms with Crippen LogP contribution in [0.1, 0.15) is 69.6 Å². The summed E-state index contributed by atoms with van der Waals surface area (Å²) in [7, 11) is 3.64. The van der Waals surface area contributed by atoms with Gasteiger partial charge in [0.1, 0.15) is 6.61 Å². The van der Waals surface area contributed by atoms with E-state index in [-0.39, 0.29) is 44.3 Å². The van der Waals surface area contributed by atoms with Gasteiger partial charge in [-0.2, -0.15) is 0 Å². The SMILES string of the molecule is C.CN1CCN(C(=O)C(=O)OCCN2CCCC2=O)CC1.Cc1cc(C[C@@H](OC(=O)N2CCC(N3CCc4ccccc4NC3=O)CC2)C(=O)N2CCC(C)CC2)cc2oc(=O)n(C)c12. The predicted octanol–water partition coefficient (Wildman–Crippen LogP) is 3.86. The summed E-state index contributed by atoms with van der Waals surface area (Å²) < 4.78 is 17.8. The normalized spacial score (nSPS) is 19.1. The van der Waals surface area contributed by atoms with Crippen molar-refractivity contribution in [1.29, 1.82) is 0 Å². The number of hydrogen-bond donors (Lipinski definition) is 1. The molecule has 18 nitrogen and oxygen atoms in total. The van der Waals surface area contributed by atoms with Crippen LogP contribution in [0.4, 0.5) is 15.3 Å². The Hall–Kier alpha value is -5.91. The Kier molecular flexibility index (Phi) is 16.3. The standard InChI is InChI=1S/C33H41N5O6.C13H21N3O4.CH4/c1-21-8-13-36(14-9-21)30(39)28(20-23-18-22(2)29-27(19-23)43-32(41)35(29)3)44-33(42)37-15-11-25(12-16-37)38-17-10-24-6-4-5-7-26(24)34-31(38)40;1-14-5-7-16(8-6-14)12(18)13(19)20-10-9-15-4-2-3-11(15)17;/h4-7,18-19,21,25,28H,8-17,20H2,1-3H3,(H,34,40);2-10H2,1H3;1H4/t28-;;/m1../s1. The summed E-state index contributed by atoms with van der Waals surface area (Å²) in [5.41, 5.74) is 4.72. The highest BCUT2D eigenvalue weighted by molar-refractivity contribution is 6.32. The van der Waals surface area contributed by atoms with Gasteiger partial charge in [-0.3, -0.25) is 19.0 Å². The number of ether oxygens (including phenoxy) is 2. The molecular formula is C47H66N8O10. The highest BCUT2D eigenvalue weighted by atomic mass is 16.6. The number of oxazole rings is 1. The molecule has 6 amide bonds. The number of urea groups is 1. The molecule has 5 aliphatic rings. The highest BCUT2D eigenvalue weighted by Crippen LogP contribution is 2.27. The Balaban J connectivity index is 0.000000280. The molecule has 5 aliphatic heterocycles. The molecule has 0 saturated carbocycles. The first-order valence-electron chi connectivity index (χ1n) is 22.7. The van der Waals surface area contributed by atoms with E-state index in [1.165, 1.54) is 9.47 Å². The lowest BCUT2D eigenvalue weighted by atomic mass is 9.98. The van der Waals surface area contributed by atoms with E-state index < -0.39 is 29.8 Å². The molecule has 0 radical (unpaired) electrons. The molecule has 65 heavy (non-hydrogen) atoms. The van der Waals surface area contributed by atoms with Crippen LogP contribution in [0.5, 0.6) is 0 Å². The lowest BCUT2D eigenvalue weighted by Crippen LogP contribution is -2.51. The molecule has 0 unspecified atom stereocenters. The van der Waals surface area contributed by atoms with Gasteiger partial charge in [-0.05, 0) is 87.2 Å². The first-order chi connectivity index (χ1) is 30.7. The lowest BCUT2D eigenvalue weighted by Gasteiger charge is -2.38. The van der Waals surface area contributed by atoms with Gasteiger partial charge < -0.3 is 48.6 Å². The van der Waals surface area contributed by atoms with Gasteiger partial charge in [0, 0.05) is 97.1 Å². The summed E-state index contributed by atoms with van der Waals surface area (Å²) in [6.07, 6.45) is 3.92. The summed E-state index contributed by atoms with van der Waals surface area (Å²) in [5, 5.41) is 3.03. The Bertz CT molecular complexity index is 2250. The van der Waals surface area contributed by atoms with Crippen LogP contribution in [0.2, 0.25) is 0 Å². The molecule has 6 heterocycles. The maximum atomic E-state index is 13.8. The van der Waals surface area contributed by atoms with Crippen molar-refractivity contribution in [2.75, 3.05) is 91.0 Å². The van der Waals surface area contributed by atoms with Crippen LogP contribution in [0.3, 0.4) is 0 Å². The average molecular weight is 903 g/mol. The molecule has 4 fully saturated rings. The van der Waals surface area contributed by atoms with Gasteiger partial charge in [0.05, 0.1) is 12.1 Å². The zero-order chi connectivity index (χ0) is 45.5. The molecule has 0 aliphatic carbocycles. The van der Waals surface area contributed by atoms with E-state index >= 15 is 0 Å². The molecule has 8 rings (SSSR count). The number of rotatable bonds is 8. The topological polar surface area (TPSA) is 187 Å². The van der Waals surface area contributed by atoms with Gasteiger partial charge in [-0.25, -0.2) is 19.2 Å². The van der Waals surface area contributed by atoms with Crippen LogP contribution in [-0.2, 0) is 48.5 Å². The number of hydrogen-bond acceptors (Lipinski definition) is 11. The number of piperazine rings is 1. The number of fused-ring (bicyclic) bond motifs is 2. The number of carbonyl (C=O) groups excluding carboxylic acids is 6. The molecule has 0 spiro atoms. The fraction of sp³-hybridized carbons (Fsp3) is 0.596. The minimum Gasteiger partial charge on any atom is -0.457 e. The zero-order valence-electron chi connectivity index (χ0n) is 37.6. The van der Waals surface area contributed by atoms with Crippen molar-refractivity contribution in [2.24, 2.45) is 13.0 Å². The van der Waals surface area contributed by atoms with Gasteiger partial charge >= 0.3 is 29.8 Å². The maximum Gasteiger partial charge on any atom is 0.419 e. The molecule has 354 valence electrons. The number of carbonyl (C=O) groups is 6. The van der Waals surface area contributed by atoms with E-state index in [2.05, 4.69) is 17.1 Å². The molecule has 1 N–H and O–H groups in total. The van der Waals surface area contributed by atoms with E-state index in [1.54, 1.807) is 27.8 Å². The summed E-state index contributed by atoms with van der Waals surface area (Å²) in [4.78, 5) is 97.9. The smallest absolute Gasteiger partial charge is 0.419 e. The monoisotopic (exact) mass is 902 g/mol. The number of aromatic nitrogens is 1. The fourth-order valence-corrected chi connectivity index (χ4v) is 9.21. The van der Waals surface area contributed by atoms with Crippen molar-refractivity contribution in [2.45, 2.75) is 84.8 Å². The number of amides is 6. The Morgan fingerprint density at radius 1 is 0.831 bits per heavy atom.